The molecule has 5 nitrogen and oxygen atoms in total. The molecular weight excluding hydrogens is 316 g/mol. The Morgan fingerprint density at radius 1 is 1.24 bits per heavy atom. The van der Waals surface area contributed by atoms with Crippen molar-refractivity contribution in [2.45, 2.75) is 39.2 Å². The molecule has 1 heterocycles. The van der Waals surface area contributed by atoms with Crippen LogP contribution >= 0.6 is 0 Å². The molecule has 1 aromatic carbocycles. The number of ether oxygens (including phenoxy) is 1. The number of fused-ring (bicyclic) bond motifs is 1. The first-order chi connectivity index (χ1) is 12.0. The zero-order valence-electron chi connectivity index (χ0n) is 15.1. The highest BCUT2D eigenvalue weighted by molar-refractivity contribution is 6.04. The van der Waals surface area contributed by atoms with Gasteiger partial charge in [-0.1, -0.05) is 44.9 Å². The van der Waals surface area contributed by atoms with Crippen LogP contribution < -0.4 is 5.32 Å². The van der Waals surface area contributed by atoms with E-state index in [4.69, 9.17) is 4.74 Å². The number of para-hydroxylation sites is 1. The standard InChI is InChI=1S/C20H26N2O3/c1-13-7-6-9-17(14(13)2)21-19(23)12-25-20(24)16-11-22(3)18-10-5-4-8-15(16)18/h4-5,8,10-11,13-14,17H,6-7,9,12H2,1-3H3,(H,21,23)/t13-,14+,17+/m1/s1. The van der Waals surface area contributed by atoms with Crippen LogP contribution in [0.3, 0.4) is 0 Å². The molecule has 1 saturated carbocycles. The summed E-state index contributed by atoms with van der Waals surface area (Å²) in [5, 5.41) is 3.86. The smallest absolute Gasteiger partial charge is 0.340 e. The van der Waals surface area contributed by atoms with Gasteiger partial charge in [-0.25, -0.2) is 4.79 Å². The number of rotatable bonds is 4. The molecule has 134 valence electrons. The summed E-state index contributed by atoms with van der Waals surface area (Å²) < 4.78 is 7.14. The highest BCUT2D eigenvalue weighted by atomic mass is 16.5. The fourth-order valence-electron chi connectivity index (χ4n) is 3.75. The van der Waals surface area contributed by atoms with Gasteiger partial charge in [-0.3, -0.25) is 4.79 Å². The maximum absolute atomic E-state index is 12.4. The first-order valence-electron chi connectivity index (χ1n) is 8.98. The van der Waals surface area contributed by atoms with Crippen molar-refractivity contribution < 1.29 is 14.3 Å². The minimum absolute atomic E-state index is 0.174. The molecule has 1 N–H and O–H groups in total. The van der Waals surface area contributed by atoms with Gasteiger partial charge in [0.1, 0.15) is 0 Å². The third-order valence-corrected chi connectivity index (χ3v) is 5.50. The lowest BCUT2D eigenvalue weighted by Crippen LogP contribution is -2.45. The van der Waals surface area contributed by atoms with Crippen LogP contribution in [0.25, 0.3) is 10.9 Å². The lowest BCUT2D eigenvalue weighted by molar-refractivity contribution is -0.125. The Bertz CT molecular complexity index is 780. The predicted molar refractivity (Wildman–Crippen MR) is 97.3 cm³/mol. The summed E-state index contributed by atoms with van der Waals surface area (Å²) in [5.41, 5.74) is 1.45. The molecule has 0 bridgehead atoms. The van der Waals surface area contributed by atoms with Crippen LogP contribution in [-0.4, -0.2) is 29.1 Å². The van der Waals surface area contributed by atoms with Crippen molar-refractivity contribution in [3.8, 4) is 0 Å². The number of nitrogens with one attached hydrogen (secondary N) is 1. The number of aryl methyl sites for hydroxylation is 1. The van der Waals surface area contributed by atoms with Crippen LogP contribution in [0.15, 0.2) is 30.5 Å². The maximum Gasteiger partial charge on any atom is 0.340 e. The van der Waals surface area contributed by atoms with Gasteiger partial charge in [0.25, 0.3) is 5.91 Å². The first kappa shape index (κ1) is 17.5. The van der Waals surface area contributed by atoms with Crippen LogP contribution in [0.4, 0.5) is 0 Å². The van der Waals surface area contributed by atoms with Crippen LogP contribution in [0.2, 0.25) is 0 Å². The average Bonchev–Trinajstić information content (AvgIpc) is 2.94. The number of carbonyl (C=O) groups is 2. The van der Waals surface area contributed by atoms with E-state index in [1.54, 1.807) is 6.20 Å². The zero-order valence-corrected chi connectivity index (χ0v) is 15.1. The molecule has 0 aliphatic heterocycles. The number of carbonyl (C=O) groups excluding carboxylic acids is 2. The highest BCUT2D eigenvalue weighted by Crippen LogP contribution is 2.29. The van der Waals surface area contributed by atoms with Gasteiger partial charge in [-0.05, 0) is 24.3 Å². The predicted octanol–water partition coefficient (Wildman–Crippen LogP) is 3.28. The molecule has 0 spiro atoms. The molecule has 1 amide bonds. The van der Waals surface area contributed by atoms with E-state index in [0.717, 1.165) is 23.7 Å². The normalized spacial score (nSPS) is 23.4. The molecule has 5 heteroatoms. The Morgan fingerprint density at radius 2 is 2.00 bits per heavy atom. The number of aromatic nitrogens is 1. The van der Waals surface area contributed by atoms with Crippen molar-refractivity contribution in [2.75, 3.05) is 6.61 Å². The SMILES string of the molecule is C[C@H]1[C@H](C)CCC[C@@H]1NC(=O)COC(=O)c1cn(C)c2ccccc12. The minimum Gasteiger partial charge on any atom is -0.452 e. The van der Waals surface area contributed by atoms with Gasteiger partial charge in [0, 0.05) is 30.2 Å². The fraction of sp³-hybridized carbons (Fsp3) is 0.500. The van der Waals surface area contributed by atoms with E-state index in [1.165, 1.54) is 6.42 Å². The third-order valence-electron chi connectivity index (χ3n) is 5.50. The molecule has 3 atom stereocenters. The first-order valence-corrected chi connectivity index (χ1v) is 8.98. The van der Waals surface area contributed by atoms with Gasteiger partial charge in [0.2, 0.25) is 0 Å². The maximum atomic E-state index is 12.4. The number of esters is 1. The summed E-state index contributed by atoms with van der Waals surface area (Å²) in [7, 11) is 1.89. The molecule has 0 unspecified atom stereocenters. The van der Waals surface area contributed by atoms with E-state index in [9.17, 15) is 9.59 Å². The zero-order chi connectivity index (χ0) is 18.0. The molecule has 1 fully saturated rings. The number of amides is 1. The Morgan fingerprint density at radius 3 is 2.80 bits per heavy atom. The Labute approximate surface area is 148 Å². The lowest BCUT2D eigenvalue weighted by Gasteiger charge is -2.34. The fourth-order valence-corrected chi connectivity index (χ4v) is 3.75. The highest BCUT2D eigenvalue weighted by Gasteiger charge is 2.28. The molecular formula is C20H26N2O3. The Hall–Kier alpha value is -2.30. The molecule has 2 aromatic rings. The summed E-state index contributed by atoms with van der Waals surface area (Å²) in [6.07, 6.45) is 5.08. The average molecular weight is 342 g/mol. The van der Waals surface area contributed by atoms with Gasteiger partial charge in [0.15, 0.2) is 6.61 Å². The molecule has 0 radical (unpaired) electrons. The van der Waals surface area contributed by atoms with E-state index in [2.05, 4.69) is 19.2 Å². The van der Waals surface area contributed by atoms with Crippen molar-refractivity contribution in [3.05, 3.63) is 36.0 Å². The molecule has 1 aromatic heterocycles. The summed E-state index contributed by atoms with van der Waals surface area (Å²) in [6.45, 7) is 4.17. The Balaban J connectivity index is 1.59. The Kier molecular flexibility index (Phi) is 5.11. The van der Waals surface area contributed by atoms with Crippen LogP contribution in [-0.2, 0) is 16.6 Å². The van der Waals surface area contributed by atoms with E-state index < -0.39 is 5.97 Å². The molecule has 25 heavy (non-hydrogen) atoms. The third kappa shape index (κ3) is 3.70. The van der Waals surface area contributed by atoms with Crippen LogP contribution in [0.5, 0.6) is 0 Å². The van der Waals surface area contributed by atoms with E-state index >= 15 is 0 Å². The van der Waals surface area contributed by atoms with Crippen molar-refractivity contribution in [1.29, 1.82) is 0 Å². The topological polar surface area (TPSA) is 60.3 Å². The number of nitrogens with zero attached hydrogens (tertiary/aromatic N) is 1. The molecule has 0 saturated heterocycles. The number of hydrogen-bond acceptors (Lipinski definition) is 3. The molecule has 1 aliphatic carbocycles. The van der Waals surface area contributed by atoms with Gasteiger partial charge >= 0.3 is 5.97 Å². The molecule has 1 aliphatic rings. The van der Waals surface area contributed by atoms with Crippen molar-refractivity contribution in [1.82, 2.24) is 9.88 Å². The minimum atomic E-state index is -0.461. The van der Waals surface area contributed by atoms with E-state index in [-0.39, 0.29) is 18.6 Å². The van der Waals surface area contributed by atoms with Crippen molar-refractivity contribution in [2.24, 2.45) is 18.9 Å². The summed E-state index contributed by atoms with van der Waals surface area (Å²) in [6, 6.07) is 7.82. The number of hydrogen-bond donors (Lipinski definition) is 1. The van der Waals surface area contributed by atoms with E-state index in [1.807, 2.05) is 35.9 Å². The second kappa shape index (κ2) is 7.30. The van der Waals surface area contributed by atoms with Gasteiger partial charge in [-0.2, -0.15) is 0 Å². The van der Waals surface area contributed by atoms with Crippen LogP contribution in [0, 0.1) is 11.8 Å². The second-order valence-electron chi connectivity index (χ2n) is 7.19. The van der Waals surface area contributed by atoms with Gasteiger partial charge in [-0.15, -0.1) is 0 Å². The number of benzene rings is 1. The van der Waals surface area contributed by atoms with Gasteiger partial charge in [0.05, 0.1) is 5.56 Å². The van der Waals surface area contributed by atoms with Crippen molar-refractivity contribution in [3.63, 3.8) is 0 Å². The quantitative estimate of drug-likeness (QED) is 0.868. The summed E-state index contributed by atoms with van der Waals surface area (Å²) in [5.74, 6) is 0.375. The molecule has 3 rings (SSSR count). The van der Waals surface area contributed by atoms with Gasteiger partial charge < -0.3 is 14.6 Å². The monoisotopic (exact) mass is 342 g/mol. The largest absolute Gasteiger partial charge is 0.452 e. The lowest BCUT2D eigenvalue weighted by atomic mass is 9.78. The summed E-state index contributed by atoms with van der Waals surface area (Å²) in [4.78, 5) is 24.5. The second-order valence-corrected chi connectivity index (χ2v) is 7.19. The van der Waals surface area contributed by atoms with E-state index in [0.29, 0.717) is 17.4 Å². The summed E-state index contributed by atoms with van der Waals surface area (Å²) >= 11 is 0. The van der Waals surface area contributed by atoms with Crippen molar-refractivity contribution >= 4 is 22.8 Å². The van der Waals surface area contributed by atoms with Crippen LogP contribution in [0.1, 0.15) is 43.5 Å².